The number of nitrogens with zero attached hydrogens (tertiary/aromatic N) is 1. The summed E-state index contributed by atoms with van der Waals surface area (Å²) in [5, 5.41) is 0. The van der Waals surface area contributed by atoms with E-state index in [9.17, 15) is 4.39 Å². The van der Waals surface area contributed by atoms with Gasteiger partial charge in [-0.05, 0) is 19.0 Å². The number of hydrogen-bond acceptors (Lipinski definition) is 3. The molecule has 1 heterocycles. The van der Waals surface area contributed by atoms with Gasteiger partial charge in [-0.15, -0.1) is 0 Å². The third-order valence-corrected chi connectivity index (χ3v) is 1.30. The van der Waals surface area contributed by atoms with Gasteiger partial charge in [0.25, 0.3) is 0 Å². The van der Waals surface area contributed by atoms with Crippen molar-refractivity contribution in [3.63, 3.8) is 0 Å². The predicted molar refractivity (Wildman–Crippen MR) is 43.4 cm³/mol. The minimum absolute atomic E-state index is 0.309. The lowest BCUT2D eigenvalue weighted by Crippen LogP contribution is -2.06. The minimum atomic E-state index is -0.340. The van der Waals surface area contributed by atoms with E-state index in [2.05, 4.69) is 4.98 Å². The van der Waals surface area contributed by atoms with E-state index in [-0.39, 0.29) is 5.82 Å². The lowest BCUT2D eigenvalue weighted by Gasteiger charge is -2.02. The first-order valence-electron chi connectivity index (χ1n) is 3.77. The van der Waals surface area contributed by atoms with Crippen LogP contribution in [-0.4, -0.2) is 18.1 Å². The molecule has 0 radical (unpaired) electrons. The van der Waals surface area contributed by atoms with Crippen molar-refractivity contribution in [2.45, 2.75) is 6.42 Å². The molecule has 1 aromatic rings. The molecule has 3 nitrogen and oxygen atoms in total. The van der Waals surface area contributed by atoms with Gasteiger partial charge in [0.2, 0.25) is 5.88 Å². The Morgan fingerprint density at radius 1 is 1.58 bits per heavy atom. The third-order valence-electron chi connectivity index (χ3n) is 1.30. The zero-order chi connectivity index (χ0) is 8.81. The van der Waals surface area contributed by atoms with Crippen LogP contribution >= 0.6 is 0 Å². The van der Waals surface area contributed by atoms with Gasteiger partial charge in [-0.2, -0.15) is 0 Å². The molecule has 0 aliphatic rings. The second-order valence-corrected chi connectivity index (χ2v) is 2.30. The smallest absolute Gasteiger partial charge is 0.216 e. The van der Waals surface area contributed by atoms with Crippen LogP contribution in [0.3, 0.4) is 0 Å². The molecule has 12 heavy (non-hydrogen) atoms. The second kappa shape index (κ2) is 4.66. The topological polar surface area (TPSA) is 48.1 Å². The lowest BCUT2D eigenvalue weighted by atomic mass is 10.4. The van der Waals surface area contributed by atoms with Crippen LogP contribution in [0, 0.1) is 5.82 Å². The van der Waals surface area contributed by atoms with Gasteiger partial charge >= 0.3 is 0 Å². The molecule has 0 bridgehead atoms. The summed E-state index contributed by atoms with van der Waals surface area (Å²) < 4.78 is 17.6. The summed E-state index contributed by atoms with van der Waals surface area (Å²) in [6.45, 7) is 1.04. The molecule has 0 amide bonds. The first-order valence-corrected chi connectivity index (χ1v) is 3.77. The van der Waals surface area contributed by atoms with Gasteiger partial charge in [-0.3, -0.25) is 0 Å². The average molecular weight is 170 g/mol. The van der Waals surface area contributed by atoms with E-state index in [0.29, 0.717) is 19.0 Å². The summed E-state index contributed by atoms with van der Waals surface area (Å²) in [6, 6.07) is 2.52. The Kier molecular flexibility index (Phi) is 3.47. The molecule has 0 aromatic carbocycles. The first-order chi connectivity index (χ1) is 5.83. The van der Waals surface area contributed by atoms with Crippen molar-refractivity contribution in [1.82, 2.24) is 4.98 Å². The van der Waals surface area contributed by atoms with Crippen molar-refractivity contribution in [2.24, 2.45) is 5.73 Å². The maximum absolute atomic E-state index is 12.5. The van der Waals surface area contributed by atoms with E-state index in [1.807, 2.05) is 0 Å². The highest BCUT2D eigenvalue weighted by molar-refractivity contribution is 5.11. The molecule has 0 saturated heterocycles. The number of rotatable bonds is 4. The fourth-order valence-electron chi connectivity index (χ4n) is 0.724. The highest BCUT2D eigenvalue weighted by Crippen LogP contribution is 2.07. The largest absolute Gasteiger partial charge is 0.478 e. The zero-order valence-corrected chi connectivity index (χ0v) is 6.66. The lowest BCUT2D eigenvalue weighted by molar-refractivity contribution is 0.300. The van der Waals surface area contributed by atoms with Gasteiger partial charge in [0.05, 0.1) is 6.61 Å². The SMILES string of the molecule is NCCCOc1cc(F)ccn1. The summed E-state index contributed by atoms with van der Waals surface area (Å²) >= 11 is 0. The maximum Gasteiger partial charge on any atom is 0.216 e. The summed E-state index contributed by atoms with van der Waals surface area (Å²) in [6.07, 6.45) is 2.12. The fraction of sp³-hybridized carbons (Fsp3) is 0.375. The molecule has 0 aliphatic carbocycles. The van der Waals surface area contributed by atoms with Gasteiger partial charge in [0, 0.05) is 12.3 Å². The molecule has 1 rings (SSSR count). The van der Waals surface area contributed by atoms with Crippen LogP contribution in [0.15, 0.2) is 18.3 Å². The average Bonchev–Trinajstić information content (AvgIpc) is 2.05. The maximum atomic E-state index is 12.5. The standard InChI is InChI=1S/C8H11FN2O/c9-7-2-4-11-8(6-7)12-5-1-3-10/h2,4,6H,1,3,5,10H2. The van der Waals surface area contributed by atoms with Crippen LogP contribution < -0.4 is 10.5 Å². The second-order valence-electron chi connectivity index (χ2n) is 2.30. The minimum Gasteiger partial charge on any atom is -0.478 e. The molecule has 2 N–H and O–H groups in total. The fourth-order valence-corrected chi connectivity index (χ4v) is 0.724. The van der Waals surface area contributed by atoms with Crippen LogP contribution in [0.4, 0.5) is 4.39 Å². The molecular formula is C8H11FN2O. The van der Waals surface area contributed by atoms with E-state index in [4.69, 9.17) is 10.5 Å². The van der Waals surface area contributed by atoms with Gasteiger partial charge in [-0.25, -0.2) is 9.37 Å². The van der Waals surface area contributed by atoms with Crippen LogP contribution in [0.25, 0.3) is 0 Å². The Hall–Kier alpha value is -1.16. The van der Waals surface area contributed by atoms with E-state index < -0.39 is 0 Å². The molecule has 0 saturated carbocycles. The van der Waals surface area contributed by atoms with Crippen LogP contribution in [0.1, 0.15) is 6.42 Å². The molecule has 0 atom stereocenters. The van der Waals surface area contributed by atoms with Crippen LogP contribution in [0.5, 0.6) is 5.88 Å². The van der Waals surface area contributed by atoms with Crippen LogP contribution in [-0.2, 0) is 0 Å². The van der Waals surface area contributed by atoms with Gasteiger partial charge < -0.3 is 10.5 Å². The summed E-state index contributed by atoms with van der Waals surface area (Å²) in [4.78, 5) is 3.81. The van der Waals surface area contributed by atoms with E-state index in [1.165, 1.54) is 18.3 Å². The van der Waals surface area contributed by atoms with E-state index in [0.717, 1.165) is 6.42 Å². The molecule has 4 heteroatoms. The molecular weight excluding hydrogens is 159 g/mol. The van der Waals surface area contributed by atoms with Gasteiger partial charge in [-0.1, -0.05) is 0 Å². The molecule has 1 aromatic heterocycles. The normalized spacial score (nSPS) is 9.83. The number of halogens is 1. The van der Waals surface area contributed by atoms with Gasteiger partial charge in [0.15, 0.2) is 0 Å². The van der Waals surface area contributed by atoms with E-state index >= 15 is 0 Å². The first kappa shape index (κ1) is 8.93. The molecule has 0 fully saturated rings. The van der Waals surface area contributed by atoms with Crippen molar-refractivity contribution < 1.29 is 9.13 Å². The van der Waals surface area contributed by atoms with Crippen LogP contribution in [0.2, 0.25) is 0 Å². The predicted octanol–water partition coefficient (Wildman–Crippen LogP) is 0.948. The Morgan fingerprint density at radius 2 is 2.42 bits per heavy atom. The Bertz CT molecular complexity index is 242. The number of hydrogen-bond donors (Lipinski definition) is 1. The molecule has 0 unspecified atom stereocenters. The van der Waals surface area contributed by atoms with Crippen molar-refractivity contribution in [3.8, 4) is 5.88 Å². The Morgan fingerprint density at radius 3 is 3.08 bits per heavy atom. The molecule has 66 valence electrons. The number of pyridine rings is 1. The Labute approximate surface area is 70.4 Å². The molecule has 0 aliphatic heterocycles. The molecule has 0 spiro atoms. The zero-order valence-electron chi connectivity index (χ0n) is 6.66. The summed E-state index contributed by atoms with van der Waals surface area (Å²) in [5.74, 6) is -0.0313. The highest BCUT2D eigenvalue weighted by atomic mass is 19.1. The highest BCUT2D eigenvalue weighted by Gasteiger charge is 1.95. The van der Waals surface area contributed by atoms with Crippen molar-refractivity contribution in [2.75, 3.05) is 13.2 Å². The number of aromatic nitrogens is 1. The van der Waals surface area contributed by atoms with Crippen molar-refractivity contribution in [3.05, 3.63) is 24.1 Å². The van der Waals surface area contributed by atoms with Gasteiger partial charge in [0.1, 0.15) is 5.82 Å². The van der Waals surface area contributed by atoms with E-state index in [1.54, 1.807) is 0 Å². The summed E-state index contributed by atoms with van der Waals surface area (Å²) in [5.41, 5.74) is 5.25. The monoisotopic (exact) mass is 170 g/mol. The quantitative estimate of drug-likeness (QED) is 0.684. The number of nitrogens with two attached hydrogens (primary N) is 1. The van der Waals surface area contributed by atoms with Crippen molar-refractivity contribution >= 4 is 0 Å². The Balaban J connectivity index is 2.41. The summed E-state index contributed by atoms with van der Waals surface area (Å²) in [7, 11) is 0. The third kappa shape index (κ3) is 2.84. The number of ether oxygens (including phenoxy) is 1. The van der Waals surface area contributed by atoms with Crippen molar-refractivity contribution in [1.29, 1.82) is 0 Å².